The number of ether oxygens (including phenoxy) is 1. The van der Waals surface area contributed by atoms with Crippen LogP contribution in [0.15, 0.2) is 47.8 Å². The zero-order valence-corrected chi connectivity index (χ0v) is 19.7. The van der Waals surface area contributed by atoms with E-state index in [0.29, 0.717) is 12.1 Å². The number of benzene rings is 1. The summed E-state index contributed by atoms with van der Waals surface area (Å²) in [6.45, 7) is 6.66. The molecule has 5 rings (SSSR count). The number of carbonyl (C=O) groups is 1. The lowest BCUT2D eigenvalue weighted by molar-refractivity contribution is 0.0340. The highest BCUT2D eigenvalue weighted by atomic mass is 32.1. The predicted octanol–water partition coefficient (Wildman–Crippen LogP) is 3.77. The van der Waals surface area contributed by atoms with E-state index in [-0.39, 0.29) is 5.91 Å². The van der Waals surface area contributed by atoms with E-state index in [9.17, 15) is 4.79 Å². The first-order valence-electron chi connectivity index (χ1n) is 11.1. The van der Waals surface area contributed by atoms with Gasteiger partial charge in [-0.3, -0.25) is 14.4 Å². The molecule has 8 heteroatoms. The van der Waals surface area contributed by atoms with Gasteiger partial charge in [0, 0.05) is 33.2 Å². The number of rotatable bonds is 6. The quantitative estimate of drug-likeness (QED) is 0.473. The molecule has 4 heterocycles. The SMILES string of the molecule is Cc1nn(C)c2nc(-c3cccs3)cc(C(=O)NCc3ccccc3CN3CCOCC3)c12. The van der Waals surface area contributed by atoms with Gasteiger partial charge in [0.1, 0.15) is 0 Å². The largest absolute Gasteiger partial charge is 0.379 e. The van der Waals surface area contributed by atoms with E-state index in [2.05, 4.69) is 33.5 Å². The monoisotopic (exact) mass is 461 g/mol. The van der Waals surface area contributed by atoms with Gasteiger partial charge in [-0.25, -0.2) is 4.98 Å². The number of pyridine rings is 1. The van der Waals surface area contributed by atoms with E-state index in [1.54, 1.807) is 16.0 Å². The number of nitrogens with one attached hydrogen (secondary N) is 1. The number of amides is 1. The molecule has 1 aliphatic rings. The van der Waals surface area contributed by atoms with Gasteiger partial charge in [0.05, 0.1) is 40.4 Å². The fourth-order valence-electron chi connectivity index (χ4n) is 4.33. The molecule has 0 unspecified atom stereocenters. The van der Waals surface area contributed by atoms with E-state index in [4.69, 9.17) is 9.72 Å². The lowest BCUT2D eigenvalue weighted by atomic mass is 10.1. The smallest absolute Gasteiger partial charge is 0.252 e. The van der Waals surface area contributed by atoms with Gasteiger partial charge in [-0.15, -0.1) is 11.3 Å². The maximum absolute atomic E-state index is 13.4. The van der Waals surface area contributed by atoms with E-state index in [1.807, 2.05) is 43.6 Å². The molecule has 0 saturated carbocycles. The van der Waals surface area contributed by atoms with Gasteiger partial charge in [0.2, 0.25) is 0 Å². The molecule has 4 aromatic rings. The Bertz CT molecular complexity index is 1280. The normalized spacial score (nSPS) is 14.6. The summed E-state index contributed by atoms with van der Waals surface area (Å²) < 4.78 is 7.21. The summed E-state index contributed by atoms with van der Waals surface area (Å²) in [5.74, 6) is -0.113. The van der Waals surface area contributed by atoms with Gasteiger partial charge in [-0.2, -0.15) is 5.10 Å². The summed E-state index contributed by atoms with van der Waals surface area (Å²) >= 11 is 1.61. The highest BCUT2D eigenvalue weighted by Crippen LogP contribution is 2.29. The lowest BCUT2D eigenvalue weighted by Crippen LogP contribution is -2.36. The van der Waals surface area contributed by atoms with Crippen LogP contribution in [0.3, 0.4) is 0 Å². The molecule has 0 bridgehead atoms. The van der Waals surface area contributed by atoms with Crippen LogP contribution in [0, 0.1) is 6.92 Å². The maximum Gasteiger partial charge on any atom is 0.252 e. The van der Waals surface area contributed by atoms with Crippen LogP contribution >= 0.6 is 11.3 Å². The van der Waals surface area contributed by atoms with Crippen LogP contribution in [0.5, 0.6) is 0 Å². The second kappa shape index (κ2) is 9.43. The number of hydrogen-bond donors (Lipinski definition) is 1. The number of hydrogen-bond acceptors (Lipinski definition) is 6. The van der Waals surface area contributed by atoms with Crippen LogP contribution in [0.4, 0.5) is 0 Å². The number of morpholine rings is 1. The molecule has 1 aliphatic heterocycles. The Morgan fingerprint density at radius 3 is 2.70 bits per heavy atom. The molecule has 1 amide bonds. The Labute approximate surface area is 197 Å². The third-order valence-electron chi connectivity index (χ3n) is 6.04. The molecule has 3 aromatic heterocycles. The minimum Gasteiger partial charge on any atom is -0.379 e. The van der Waals surface area contributed by atoms with Crippen molar-refractivity contribution >= 4 is 28.3 Å². The van der Waals surface area contributed by atoms with Crippen molar-refractivity contribution < 1.29 is 9.53 Å². The van der Waals surface area contributed by atoms with Gasteiger partial charge < -0.3 is 10.1 Å². The van der Waals surface area contributed by atoms with Crippen molar-refractivity contribution in [2.24, 2.45) is 7.05 Å². The van der Waals surface area contributed by atoms with Gasteiger partial charge in [-0.1, -0.05) is 30.3 Å². The first-order valence-corrected chi connectivity index (χ1v) is 12.0. The van der Waals surface area contributed by atoms with Gasteiger partial charge >= 0.3 is 0 Å². The van der Waals surface area contributed by atoms with Gasteiger partial charge in [0.15, 0.2) is 5.65 Å². The van der Waals surface area contributed by atoms with Crippen LogP contribution in [0.25, 0.3) is 21.6 Å². The molecule has 1 fully saturated rings. The summed E-state index contributed by atoms with van der Waals surface area (Å²) in [6.07, 6.45) is 0. The van der Waals surface area contributed by atoms with Crippen LogP contribution in [-0.2, 0) is 24.9 Å². The Kier molecular flexibility index (Phi) is 6.22. The molecule has 7 nitrogen and oxygen atoms in total. The molecule has 0 radical (unpaired) electrons. The topological polar surface area (TPSA) is 72.3 Å². The van der Waals surface area contributed by atoms with Crippen molar-refractivity contribution in [1.82, 2.24) is 25.0 Å². The summed E-state index contributed by atoms with van der Waals surface area (Å²) in [5.41, 5.74) is 5.28. The zero-order valence-electron chi connectivity index (χ0n) is 18.9. The number of fused-ring (bicyclic) bond motifs is 1. The van der Waals surface area contributed by atoms with Crippen molar-refractivity contribution in [2.45, 2.75) is 20.0 Å². The minimum absolute atomic E-state index is 0.113. The summed E-state index contributed by atoms with van der Waals surface area (Å²) in [7, 11) is 1.87. The predicted molar refractivity (Wildman–Crippen MR) is 130 cm³/mol. The Balaban J connectivity index is 1.41. The summed E-state index contributed by atoms with van der Waals surface area (Å²) in [4.78, 5) is 21.6. The Morgan fingerprint density at radius 1 is 1.15 bits per heavy atom. The molecule has 170 valence electrons. The fraction of sp³-hybridized carbons (Fsp3) is 0.320. The van der Waals surface area contributed by atoms with Crippen LogP contribution in [0.1, 0.15) is 27.2 Å². The summed E-state index contributed by atoms with van der Waals surface area (Å²) in [6, 6.07) is 14.2. The van der Waals surface area contributed by atoms with Crippen LogP contribution in [-0.4, -0.2) is 51.9 Å². The highest BCUT2D eigenvalue weighted by Gasteiger charge is 2.20. The van der Waals surface area contributed by atoms with E-state index in [0.717, 1.165) is 65.7 Å². The third-order valence-corrected chi connectivity index (χ3v) is 6.93. The standard InChI is InChI=1S/C25H27N5O2S/c1-17-23-20(14-21(22-8-5-13-33-22)27-24(23)29(2)28-17)25(31)26-15-18-6-3-4-7-19(18)16-30-9-11-32-12-10-30/h3-8,13-14H,9-12,15-16H2,1-2H3,(H,26,31). The average molecular weight is 462 g/mol. The maximum atomic E-state index is 13.4. The molecule has 0 atom stereocenters. The molecule has 0 spiro atoms. The molecule has 0 aliphatic carbocycles. The Morgan fingerprint density at radius 2 is 1.94 bits per heavy atom. The third kappa shape index (κ3) is 4.55. The number of aryl methyl sites for hydroxylation is 2. The average Bonchev–Trinajstić information content (AvgIpc) is 3.47. The first kappa shape index (κ1) is 21.8. The number of carbonyl (C=O) groups excluding carboxylic acids is 1. The van der Waals surface area contributed by atoms with E-state index in [1.165, 1.54) is 5.56 Å². The van der Waals surface area contributed by atoms with E-state index < -0.39 is 0 Å². The Hall–Kier alpha value is -3.07. The zero-order chi connectivity index (χ0) is 22.8. The molecular formula is C25H27N5O2S. The fourth-order valence-corrected chi connectivity index (χ4v) is 5.02. The van der Waals surface area contributed by atoms with Crippen molar-refractivity contribution in [3.05, 3.63) is 70.2 Å². The molecular weight excluding hydrogens is 434 g/mol. The lowest BCUT2D eigenvalue weighted by Gasteiger charge is -2.27. The van der Waals surface area contributed by atoms with Crippen molar-refractivity contribution in [3.8, 4) is 10.6 Å². The van der Waals surface area contributed by atoms with Crippen molar-refractivity contribution in [2.75, 3.05) is 26.3 Å². The highest BCUT2D eigenvalue weighted by molar-refractivity contribution is 7.13. The van der Waals surface area contributed by atoms with E-state index >= 15 is 0 Å². The minimum atomic E-state index is -0.113. The van der Waals surface area contributed by atoms with Crippen molar-refractivity contribution in [3.63, 3.8) is 0 Å². The number of nitrogens with zero attached hydrogens (tertiary/aromatic N) is 4. The van der Waals surface area contributed by atoms with Gasteiger partial charge in [0.25, 0.3) is 5.91 Å². The van der Waals surface area contributed by atoms with Gasteiger partial charge in [-0.05, 0) is 35.6 Å². The summed E-state index contributed by atoms with van der Waals surface area (Å²) in [5, 5.41) is 10.5. The number of thiophene rings is 1. The van der Waals surface area contributed by atoms with Crippen molar-refractivity contribution in [1.29, 1.82) is 0 Å². The first-order chi connectivity index (χ1) is 16.1. The molecule has 1 aromatic carbocycles. The molecule has 33 heavy (non-hydrogen) atoms. The molecule has 1 saturated heterocycles. The van der Waals surface area contributed by atoms with Crippen LogP contribution < -0.4 is 5.32 Å². The second-order valence-electron chi connectivity index (χ2n) is 8.28. The molecule has 1 N–H and O–H groups in total. The second-order valence-corrected chi connectivity index (χ2v) is 9.23. The number of aromatic nitrogens is 3. The van der Waals surface area contributed by atoms with Crippen LogP contribution in [0.2, 0.25) is 0 Å².